The molecule has 0 saturated carbocycles. The van der Waals surface area contributed by atoms with Gasteiger partial charge < -0.3 is 15.0 Å². The van der Waals surface area contributed by atoms with Gasteiger partial charge in [-0.25, -0.2) is 9.18 Å². The molecule has 1 fully saturated rings. The Balaban J connectivity index is 1.93. The predicted octanol–water partition coefficient (Wildman–Crippen LogP) is 3.69. The Morgan fingerprint density at radius 2 is 2.14 bits per heavy atom. The first-order valence-electron chi connectivity index (χ1n) is 6.93. The van der Waals surface area contributed by atoms with E-state index < -0.39 is 11.7 Å². The number of nitrogens with zero attached hydrogens (tertiary/aromatic N) is 1. The normalized spacial score (nSPS) is 18.7. The molecule has 1 heterocycles. The lowest BCUT2D eigenvalue weighted by Crippen LogP contribution is -2.40. The van der Waals surface area contributed by atoms with Crippen molar-refractivity contribution in [2.45, 2.75) is 38.8 Å². The van der Waals surface area contributed by atoms with Crippen LogP contribution in [0.3, 0.4) is 0 Å². The van der Waals surface area contributed by atoms with Crippen LogP contribution >= 0.6 is 15.9 Å². The lowest BCUT2D eigenvalue weighted by atomic mass is 10.2. The fourth-order valence-corrected chi connectivity index (χ4v) is 2.76. The molecule has 0 aliphatic carbocycles. The van der Waals surface area contributed by atoms with Crippen molar-refractivity contribution in [2.75, 3.05) is 18.0 Å². The van der Waals surface area contributed by atoms with Crippen molar-refractivity contribution in [1.82, 2.24) is 5.32 Å². The van der Waals surface area contributed by atoms with E-state index in [0.29, 0.717) is 11.0 Å². The molecule has 0 aromatic heterocycles. The van der Waals surface area contributed by atoms with Gasteiger partial charge >= 0.3 is 6.09 Å². The highest BCUT2D eigenvalue weighted by Gasteiger charge is 2.26. The van der Waals surface area contributed by atoms with Crippen LogP contribution < -0.4 is 10.2 Å². The Hall–Kier alpha value is -1.30. The summed E-state index contributed by atoms with van der Waals surface area (Å²) in [5.41, 5.74) is 0.311. The summed E-state index contributed by atoms with van der Waals surface area (Å²) in [6.07, 6.45) is 0.405. The number of ether oxygens (including phenoxy) is 1. The molecule has 6 heteroatoms. The molecule has 1 aromatic carbocycles. The highest BCUT2D eigenvalue weighted by atomic mass is 79.9. The fourth-order valence-electron chi connectivity index (χ4n) is 2.31. The molecule has 21 heavy (non-hydrogen) atoms. The Kier molecular flexibility index (Phi) is 4.76. The summed E-state index contributed by atoms with van der Waals surface area (Å²) in [5, 5.41) is 2.86. The summed E-state index contributed by atoms with van der Waals surface area (Å²) >= 11 is 3.29. The molecule has 0 bridgehead atoms. The number of alkyl carbamates (subject to hydrolysis) is 1. The third-order valence-corrected chi connectivity index (χ3v) is 3.58. The molecule has 1 atom stereocenters. The van der Waals surface area contributed by atoms with E-state index in [1.165, 1.54) is 12.1 Å². The van der Waals surface area contributed by atoms with Crippen molar-refractivity contribution in [1.29, 1.82) is 0 Å². The number of halogens is 2. The maximum absolute atomic E-state index is 13.4. The standard InChI is InChI=1S/C15H20BrFN2O2/c1-15(2,3)21-14(20)18-12-4-5-19(9-12)13-7-10(16)6-11(17)8-13/h6-8,12H,4-5,9H2,1-3H3,(H,18,20). The lowest BCUT2D eigenvalue weighted by molar-refractivity contribution is 0.0509. The molecule has 2 rings (SSSR count). The van der Waals surface area contributed by atoms with Gasteiger partial charge in [-0.2, -0.15) is 0 Å². The minimum atomic E-state index is -0.504. The predicted molar refractivity (Wildman–Crippen MR) is 84.1 cm³/mol. The first-order chi connectivity index (χ1) is 9.73. The van der Waals surface area contributed by atoms with Crippen molar-refractivity contribution in [2.24, 2.45) is 0 Å². The van der Waals surface area contributed by atoms with Crippen LogP contribution in [0, 0.1) is 5.82 Å². The molecule has 116 valence electrons. The summed E-state index contributed by atoms with van der Waals surface area (Å²) in [5.74, 6) is -0.275. The van der Waals surface area contributed by atoms with Crippen LogP contribution in [0.1, 0.15) is 27.2 Å². The van der Waals surface area contributed by atoms with E-state index in [-0.39, 0.29) is 11.9 Å². The van der Waals surface area contributed by atoms with Gasteiger partial charge in [-0.1, -0.05) is 15.9 Å². The SMILES string of the molecule is CC(C)(C)OC(=O)NC1CCN(c2cc(F)cc(Br)c2)C1. The molecule has 0 radical (unpaired) electrons. The topological polar surface area (TPSA) is 41.6 Å². The van der Waals surface area contributed by atoms with Crippen LogP contribution in [0.2, 0.25) is 0 Å². The average Bonchev–Trinajstić information content (AvgIpc) is 2.73. The molecule has 1 aromatic rings. The monoisotopic (exact) mass is 358 g/mol. The summed E-state index contributed by atoms with van der Waals surface area (Å²) in [4.78, 5) is 13.8. The van der Waals surface area contributed by atoms with Crippen molar-refractivity contribution >= 4 is 27.7 Å². The molecular formula is C15H20BrFN2O2. The zero-order valence-electron chi connectivity index (χ0n) is 12.5. The number of hydrogen-bond donors (Lipinski definition) is 1. The van der Waals surface area contributed by atoms with E-state index in [1.807, 2.05) is 26.8 Å². The first kappa shape index (κ1) is 16.1. The third kappa shape index (κ3) is 4.88. The summed E-state index contributed by atoms with van der Waals surface area (Å²) in [7, 11) is 0. The number of carbonyl (C=O) groups is 1. The van der Waals surface area contributed by atoms with Crippen LogP contribution in [0.15, 0.2) is 22.7 Å². The first-order valence-corrected chi connectivity index (χ1v) is 7.73. The number of amides is 1. The van der Waals surface area contributed by atoms with Crippen molar-refractivity contribution in [3.8, 4) is 0 Å². The Bertz CT molecular complexity index is 511. The molecule has 1 aliphatic heterocycles. The van der Waals surface area contributed by atoms with E-state index >= 15 is 0 Å². The van der Waals surface area contributed by atoms with Crippen LogP contribution in [-0.4, -0.2) is 30.8 Å². The van der Waals surface area contributed by atoms with Gasteiger partial charge in [0.2, 0.25) is 0 Å². The quantitative estimate of drug-likeness (QED) is 0.876. The summed E-state index contributed by atoms with van der Waals surface area (Å²) in [6.45, 7) is 6.92. The molecular weight excluding hydrogens is 339 g/mol. The minimum Gasteiger partial charge on any atom is -0.444 e. The highest BCUT2D eigenvalue weighted by Crippen LogP contribution is 2.25. The molecule has 4 nitrogen and oxygen atoms in total. The maximum atomic E-state index is 13.4. The Morgan fingerprint density at radius 1 is 1.43 bits per heavy atom. The number of hydrogen-bond acceptors (Lipinski definition) is 3. The van der Waals surface area contributed by atoms with Gasteiger partial charge in [-0.3, -0.25) is 0 Å². The minimum absolute atomic E-state index is 0.0156. The molecule has 1 amide bonds. The van der Waals surface area contributed by atoms with Crippen LogP contribution in [0.4, 0.5) is 14.9 Å². The van der Waals surface area contributed by atoms with E-state index in [9.17, 15) is 9.18 Å². The number of anilines is 1. The second-order valence-corrected chi connectivity index (χ2v) is 7.12. The second kappa shape index (κ2) is 6.22. The van der Waals surface area contributed by atoms with E-state index in [4.69, 9.17) is 4.74 Å². The van der Waals surface area contributed by atoms with Crippen molar-refractivity contribution < 1.29 is 13.9 Å². The van der Waals surface area contributed by atoms with E-state index in [0.717, 1.165) is 18.7 Å². The third-order valence-electron chi connectivity index (χ3n) is 3.12. The summed E-state index contributed by atoms with van der Waals surface area (Å²) in [6, 6.07) is 4.82. The van der Waals surface area contributed by atoms with Crippen LogP contribution in [0.25, 0.3) is 0 Å². The molecule has 1 aliphatic rings. The van der Waals surface area contributed by atoms with Crippen molar-refractivity contribution in [3.63, 3.8) is 0 Å². The van der Waals surface area contributed by atoms with Gasteiger partial charge in [0.25, 0.3) is 0 Å². The van der Waals surface area contributed by atoms with E-state index in [2.05, 4.69) is 26.1 Å². The molecule has 1 saturated heterocycles. The van der Waals surface area contributed by atoms with Gasteiger partial charge in [-0.15, -0.1) is 0 Å². The van der Waals surface area contributed by atoms with Crippen LogP contribution in [0.5, 0.6) is 0 Å². The zero-order chi connectivity index (χ0) is 15.6. The number of benzene rings is 1. The Labute approximate surface area is 132 Å². The zero-order valence-corrected chi connectivity index (χ0v) is 14.0. The fraction of sp³-hybridized carbons (Fsp3) is 0.533. The molecule has 1 N–H and O–H groups in total. The lowest BCUT2D eigenvalue weighted by Gasteiger charge is -2.22. The van der Waals surface area contributed by atoms with Crippen LogP contribution in [-0.2, 0) is 4.74 Å². The van der Waals surface area contributed by atoms with Gasteiger partial charge in [0.15, 0.2) is 0 Å². The van der Waals surface area contributed by atoms with Gasteiger partial charge in [0, 0.05) is 23.2 Å². The van der Waals surface area contributed by atoms with Gasteiger partial charge in [0.05, 0.1) is 6.04 Å². The number of rotatable bonds is 2. The smallest absolute Gasteiger partial charge is 0.407 e. The summed E-state index contributed by atoms with van der Waals surface area (Å²) < 4.78 is 19.4. The maximum Gasteiger partial charge on any atom is 0.407 e. The second-order valence-electron chi connectivity index (χ2n) is 6.21. The molecule has 0 spiro atoms. The number of carbonyl (C=O) groups excluding carboxylic acids is 1. The van der Waals surface area contributed by atoms with Crippen molar-refractivity contribution in [3.05, 3.63) is 28.5 Å². The van der Waals surface area contributed by atoms with Gasteiger partial charge in [-0.05, 0) is 45.4 Å². The average molecular weight is 359 g/mol. The van der Waals surface area contributed by atoms with Gasteiger partial charge in [0.1, 0.15) is 11.4 Å². The highest BCUT2D eigenvalue weighted by molar-refractivity contribution is 9.10. The number of nitrogens with one attached hydrogen (secondary N) is 1. The molecule has 1 unspecified atom stereocenters. The van der Waals surface area contributed by atoms with E-state index in [1.54, 1.807) is 0 Å². The largest absolute Gasteiger partial charge is 0.444 e. The Morgan fingerprint density at radius 3 is 2.76 bits per heavy atom.